The highest BCUT2D eigenvalue weighted by Crippen LogP contribution is 2.29. The fourth-order valence-corrected chi connectivity index (χ4v) is 2.30. The Labute approximate surface area is 101 Å². The quantitative estimate of drug-likeness (QED) is 0.750. The minimum atomic E-state index is -0.418. The van der Waals surface area contributed by atoms with Crippen molar-refractivity contribution >= 4 is 11.7 Å². The number of aliphatic hydroxyl groups excluding tert-OH is 1. The van der Waals surface area contributed by atoms with Crippen LogP contribution in [-0.4, -0.2) is 23.3 Å². The third-order valence-electron chi connectivity index (χ3n) is 3.27. The van der Waals surface area contributed by atoms with Crippen molar-refractivity contribution in [2.45, 2.75) is 31.2 Å². The van der Waals surface area contributed by atoms with Gasteiger partial charge in [0.25, 0.3) is 0 Å². The predicted octanol–water partition coefficient (Wildman–Crippen LogP) is 2.11. The molecule has 1 saturated carbocycles. The summed E-state index contributed by atoms with van der Waals surface area (Å²) < 4.78 is 0. The van der Waals surface area contributed by atoms with Gasteiger partial charge < -0.3 is 15.7 Å². The van der Waals surface area contributed by atoms with Gasteiger partial charge in [-0.25, -0.2) is 4.79 Å². The summed E-state index contributed by atoms with van der Waals surface area (Å²) in [7, 11) is 0. The molecule has 17 heavy (non-hydrogen) atoms. The predicted molar refractivity (Wildman–Crippen MR) is 66.9 cm³/mol. The molecule has 1 aromatic carbocycles. The Morgan fingerprint density at radius 2 is 1.88 bits per heavy atom. The van der Waals surface area contributed by atoms with Gasteiger partial charge in [-0.15, -0.1) is 0 Å². The Morgan fingerprint density at radius 3 is 2.47 bits per heavy atom. The number of amides is 2. The number of anilines is 1. The van der Waals surface area contributed by atoms with E-state index in [0.29, 0.717) is 0 Å². The zero-order valence-electron chi connectivity index (χ0n) is 9.78. The van der Waals surface area contributed by atoms with Crippen LogP contribution in [0.1, 0.15) is 25.7 Å². The topological polar surface area (TPSA) is 61.4 Å². The van der Waals surface area contributed by atoms with Crippen molar-refractivity contribution in [1.29, 1.82) is 0 Å². The molecule has 0 atom stereocenters. The van der Waals surface area contributed by atoms with Gasteiger partial charge in [-0.3, -0.25) is 0 Å². The van der Waals surface area contributed by atoms with Gasteiger partial charge in [-0.1, -0.05) is 31.0 Å². The third-order valence-corrected chi connectivity index (χ3v) is 3.27. The van der Waals surface area contributed by atoms with E-state index in [1.165, 1.54) is 0 Å². The van der Waals surface area contributed by atoms with E-state index in [1.54, 1.807) is 0 Å². The third kappa shape index (κ3) is 2.97. The van der Waals surface area contributed by atoms with E-state index < -0.39 is 5.54 Å². The largest absolute Gasteiger partial charge is 0.394 e. The van der Waals surface area contributed by atoms with E-state index in [4.69, 9.17) is 0 Å². The van der Waals surface area contributed by atoms with Gasteiger partial charge in [-0.2, -0.15) is 0 Å². The molecule has 2 amide bonds. The molecule has 0 spiro atoms. The summed E-state index contributed by atoms with van der Waals surface area (Å²) in [5.41, 5.74) is 0.342. The highest BCUT2D eigenvalue weighted by molar-refractivity contribution is 5.89. The number of rotatable bonds is 3. The monoisotopic (exact) mass is 234 g/mol. The van der Waals surface area contributed by atoms with Gasteiger partial charge in [0.05, 0.1) is 12.1 Å². The molecular weight excluding hydrogens is 216 g/mol. The first kappa shape index (κ1) is 11.9. The number of carbonyl (C=O) groups excluding carboxylic acids is 1. The summed E-state index contributed by atoms with van der Waals surface area (Å²) in [6.45, 7) is 0.00914. The minimum absolute atomic E-state index is 0.00914. The van der Waals surface area contributed by atoms with Gasteiger partial charge in [0, 0.05) is 5.69 Å². The maximum absolute atomic E-state index is 11.8. The van der Waals surface area contributed by atoms with E-state index in [-0.39, 0.29) is 12.6 Å². The van der Waals surface area contributed by atoms with Crippen LogP contribution in [0, 0.1) is 0 Å². The number of nitrogens with one attached hydrogen (secondary N) is 2. The average molecular weight is 234 g/mol. The first-order valence-electron chi connectivity index (χ1n) is 5.99. The highest BCUT2D eigenvalue weighted by Gasteiger charge is 2.34. The Kier molecular flexibility index (Phi) is 3.64. The second-order valence-electron chi connectivity index (χ2n) is 4.59. The van der Waals surface area contributed by atoms with E-state index >= 15 is 0 Å². The molecule has 92 valence electrons. The summed E-state index contributed by atoms with van der Waals surface area (Å²) in [6.07, 6.45) is 3.83. The molecule has 1 aromatic rings. The van der Waals surface area contributed by atoms with E-state index in [1.807, 2.05) is 30.3 Å². The van der Waals surface area contributed by atoms with Gasteiger partial charge >= 0.3 is 6.03 Å². The summed E-state index contributed by atoms with van der Waals surface area (Å²) in [6, 6.07) is 9.06. The lowest BCUT2D eigenvalue weighted by atomic mass is 9.99. The number of para-hydroxylation sites is 1. The number of hydrogen-bond acceptors (Lipinski definition) is 2. The van der Waals surface area contributed by atoms with Crippen molar-refractivity contribution in [2.75, 3.05) is 11.9 Å². The Morgan fingerprint density at radius 1 is 1.24 bits per heavy atom. The molecule has 2 rings (SSSR count). The van der Waals surface area contributed by atoms with Crippen LogP contribution in [0.4, 0.5) is 10.5 Å². The molecule has 0 aliphatic heterocycles. The Hall–Kier alpha value is -1.55. The molecule has 3 N–H and O–H groups in total. The molecule has 0 heterocycles. The molecule has 0 bridgehead atoms. The van der Waals surface area contributed by atoms with Crippen LogP contribution < -0.4 is 10.6 Å². The summed E-state index contributed by atoms with van der Waals surface area (Å²) >= 11 is 0. The number of hydrogen-bond donors (Lipinski definition) is 3. The van der Waals surface area contributed by atoms with E-state index in [2.05, 4.69) is 10.6 Å². The lowest BCUT2D eigenvalue weighted by molar-refractivity contribution is 0.167. The van der Waals surface area contributed by atoms with E-state index in [0.717, 1.165) is 31.4 Å². The van der Waals surface area contributed by atoms with Crippen molar-refractivity contribution in [2.24, 2.45) is 0 Å². The maximum Gasteiger partial charge on any atom is 0.319 e. The van der Waals surface area contributed by atoms with Crippen LogP contribution in [0.2, 0.25) is 0 Å². The first-order chi connectivity index (χ1) is 8.24. The fourth-order valence-electron chi connectivity index (χ4n) is 2.30. The van der Waals surface area contributed by atoms with Crippen molar-refractivity contribution in [1.82, 2.24) is 5.32 Å². The highest BCUT2D eigenvalue weighted by atomic mass is 16.3. The molecular formula is C13H18N2O2. The van der Waals surface area contributed by atoms with Gasteiger partial charge in [0.15, 0.2) is 0 Å². The number of aliphatic hydroxyl groups is 1. The summed E-state index contributed by atoms with van der Waals surface area (Å²) in [5, 5.41) is 15.0. The Bertz CT molecular complexity index is 372. The second-order valence-corrected chi connectivity index (χ2v) is 4.59. The standard InChI is InChI=1S/C13H18N2O2/c16-10-13(8-4-5-9-13)15-12(17)14-11-6-2-1-3-7-11/h1-3,6-7,16H,4-5,8-10H2,(H2,14,15,17). The molecule has 1 aliphatic carbocycles. The second kappa shape index (κ2) is 5.19. The van der Waals surface area contributed by atoms with Crippen LogP contribution in [0.5, 0.6) is 0 Å². The maximum atomic E-state index is 11.8. The smallest absolute Gasteiger partial charge is 0.319 e. The van der Waals surface area contributed by atoms with Crippen molar-refractivity contribution < 1.29 is 9.90 Å². The van der Waals surface area contributed by atoms with Crippen LogP contribution in [0.3, 0.4) is 0 Å². The molecule has 4 heteroatoms. The minimum Gasteiger partial charge on any atom is -0.394 e. The molecule has 0 unspecified atom stereocenters. The SMILES string of the molecule is O=C(Nc1ccccc1)NC1(CO)CCCC1. The summed E-state index contributed by atoms with van der Waals surface area (Å²) in [4.78, 5) is 11.8. The van der Waals surface area contributed by atoms with Gasteiger partial charge in [0.2, 0.25) is 0 Å². The number of carbonyl (C=O) groups is 1. The number of benzene rings is 1. The molecule has 0 aromatic heterocycles. The van der Waals surface area contributed by atoms with Crippen molar-refractivity contribution in [3.8, 4) is 0 Å². The lowest BCUT2D eigenvalue weighted by Crippen LogP contribution is -2.50. The lowest BCUT2D eigenvalue weighted by Gasteiger charge is -2.27. The van der Waals surface area contributed by atoms with Crippen molar-refractivity contribution in [3.05, 3.63) is 30.3 Å². The zero-order valence-corrected chi connectivity index (χ0v) is 9.78. The summed E-state index contributed by atoms with van der Waals surface area (Å²) in [5.74, 6) is 0. The van der Waals surface area contributed by atoms with Gasteiger partial charge in [0.1, 0.15) is 0 Å². The Balaban J connectivity index is 1.93. The first-order valence-corrected chi connectivity index (χ1v) is 5.99. The fraction of sp³-hybridized carbons (Fsp3) is 0.462. The average Bonchev–Trinajstić information content (AvgIpc) is 2.79. The van der Waals surface area contributed by atoms with Crippen LogP contribution in [-0.2, 0) is 0 Å². The van der Waals surface area contributed by atoms with Crippen molar-refractivity contribution in [3.63, 3.8) is 0 Å². The molecule has 4 nitrogen and oxygen atoms in total. The molecule has 1 aliphatic rings. The van der Waals surface area contributed by atoms with Gasteiger partial charge in [-0.05, 0) is 25.0 Å². The van der Waals surface area contributed by atoms with Crippen LogP contribution in [0.15, 0.2) is 30.3 Å². The molecule has 1 fully saturated rings. The normalized spacial score (nSPS) is 17.7. The number of urea groups is 1. The van der Waals surface area contributed by atoms with E-state index in [9.17, 15) is 9.90 Å². The zero-order chi connectivity index (χ0) is 12.1. The molecule has 0 saturated heterocycles. The van der Waals surface area contributed by atoms with Crippen LogP contribution in [0.25, 0.3) is 0 Å². The van der Waals surface area contributed by atoms with Crippen LogP contribution >= 0.6 is 0 Å². The molecule has 0 radical (unpaired) electrons.